The normalized spacial score (nSPS) is 20.9. The first-order valence-electron chi connectivity index (χ1n) is 6.88. The highest BCUT2D eigenvalue weighted by molar-refractivity contribution is 6.55. The van der Waals surface area contributed by atoms with Gasteiger partial charge in [0.2, 0.25) is 0 Å². The summed E-state index contributed by atoms with van der Waals surface area (Å²) in [6.45, 7) is 7.74. The van der Waals surface area contributed by atoms with Gasteiger partial charge >= 0.3 is 7.12 Å². The van der Waals surface area contributed by atoms with Crippen LogP contribution in [0.2, 0.25) is 5.02 Å². The molecule has 1 heterocycles. The molecule has 0 bridgehead atoms. The molecule has 1 aliphatic rings. The van der Waals surface area contributed by atoms with Gasteiger partial charge in [-0.25, -0.2) is 0 Å². The lowest BCUT2D eigenvalue weighted by Gasteiger charge is -2.32. The van der Waals surface area contributed by atoms with Gasteiger partial charge in [-0.15, -0.1) is 0 Å². The molecule has 0 atom stereocenters. The Balaban J connectivity index is 2.28. The first-order chi connectivity index (χ1) is 9.66. The highest BCUT2D eigenvalue weighted by Gasteiger charge is 2.52. The summed E-state index contributed by atoms with van der Waals surface area (Å²) < 4.78 is 11.9. The van der Waals surface area contributed by atoms with Crippen LogP contribution in [0.15, 0.2) is 23.7 Å². The van der Waals surface area contributed by atoms with Gasteiger partial charge in [0.1, 0.15) is 0 Å². The Kier molecular flexibility index (Phi) is 4.40. The van der Waals surface area contributed by atoms with Gasteiger partial charge in [0.15, 0.2) is 0 Å². The molecule has 0 spiro atoms. The molecule has 0 aliphatic carbocycles. The van der Waals surface area contributed by atoms with E-state index in [2.05, 4.69) is 0 Å². The Morgan fingerprint density at radius 2 is 1.86 bits per heavy atom. The Hall–Kier alpha value is -1.01. The fourth-order valence-corrected chi connectivity index (χ4v) is 2.17. The van der Waals surface area contributed by atoms with E-state index in [4.69, 9.17) is 26.6 Å². The number of anilines is 1. The Morgan fingerprint density at radius 3 is 2.33 bits per heavy atom. The molecule has 0 saturated carbocycles. The van der Waals surface area contributed by atoms with Crippen molar-refractivity contribution in [3.8, 4) is 0 Å². The smallest absolute Gasteiger partial charge is 0.400 e. The Morgan fingerprint density at radius 1 is 1.29 bits per heavy atom. The third-order valence-corrected chi connectivity index (χ3v) is 4.45. The number of rotatable bonds is 3. The average molecular weight is 310 g/mol. The first-order valence-corrected chi connectivity index (χ1v) is 7.26. The van der Waals surface area contributed by atoms with E-state index in [1.54, 1.807) is 12.1 Å². The maximum absolute atomic E-state index is 9.63. The van der Waals surface area contributed by atoms with Crippen LogP contribution in [0.3, 0.4) is 0 Å². The van der Waals surface area contributed by atoms with Crippen molar-refractivity contribution in [2.75, 3.05) is 12.3 Å². The zero-order valence-corrected chi connectivity index (χ0v) is 13.6. The van der Waals surface area contributed by atoms with E-state index in [0.29, 0.717) is 16.2 Å². The maximum atomic E-state index is 9.63. The summed E-state index contributed by atoms with van der Waals surface area (Å²) in [7, 11) is -0.572. The molecule has 1 fully saturated rings. The van der Waals surface area contributed by atoms with Crippen LogP contribution in [0, 0.1) is 0 Å². The van der Waals surface area contributed by atoms with Crippen molar-refractivity contribution in [2.24, 2.45) is 0 Å². The van der Waals surface area contributed by atoms with Gasteiger partial charge < -0.3 is 20.1 Å². The Bertz CT molecular complexity index is 556. The van der Waals surface area contributed by atoms with Crippen molar-refractivity contribution in [1.29, 1.82) is 0 Å². The van der Waals surface area contributed by atoms with Gasteiger partial charge in [0.05, 0.1) is 28.5 Å². The molecule has 0 amide bonds. The minimum atomic E-state index is -0.572. The summed E-state index contributed by atoms with van der Waals surface area (Å²) in [6.07, 6.45) is 1.81. The van der Waals surface area contributed by atoms with E-state index in [9.17, 15) is 5.11 Å². The van der Waals surface area contributed by atoms with Crippen molar-refractivity contribution in [1.82, 2.24) is 0 Å². The van der Waals surface area contributed by atoms with Crippen molar-refractivity contribution in [3.63, 3.8) is 0 Å². The van der Waals surface area contributed by atoms with E-state index in [1.165, 1.54) is 0 Å². The van der Waals surface area contributed by atoms with E-state index in [0.717, 1.165) is 5.56 Å². The zero-order valence-electron chi connectivity index (χ0n) is 12.8. The second kappa shape index (κ2) is 5.65. The van der Waals surface area contributed by atoms with Crippen LogP contribution >= 0.6 is 11.6 Å². The van der Waals surface area contributed by atoms with Gasteiger partial charge in [-0.3, -0.25) is 0 Å². The minimum Gasteiger partial charge on any atom is -0.400 e. The number of hydrogen-bond donors (Lipinski definition) is 2. The van der Waals surface area contributed by atoms with Crippen LogP contribution in [0.25, 0.3) is 6.08 Å². The first kappa shape index (κ1) is 16.4. The van der Waals surface area contributed by atoms with Crippen molar-refractivity contribution in [3.05, 3.63) is 34.3 Å². The van der Waals surface area contributed by atoms with E-state index < -0.39 is 18.3 Å². The number of halogens is 1. The summed E-state index contributed by atoms with van der Waals surface area (Å²) in [5.41, 5.74) is 6.90. The molecule has 0 unspecified atom stereocenters. The number of benzene rings is 1. The van der Waals surface area contributed by atoms with E-state index >= 15 is 0 Å². The molecule has 21 heavy (non-hydrogen) atoms. The molecule has 3 N–H and O–H groups in total. The quantitative estimate of drug-likeness (QED) is 0.665. The summed E-state index contributed by atoms with van der Waals surface area (Å²) >= 11 is 5.91. The fourth-order valence-electron chi connectivity index (χ4n) is 2.05. The van der Waals surface area contributed by atoms with E-state index in [1.807, 2.05) is 39.8 Å². The molecule has 1 saturated heterocycles. The molecule has 1 aromatic rings. The highest BCUT2D eigenvalue weighted by atomic mass is 35.5. The lowest BCUT2D eigenvalue weighted by molar-refractivity contribution is 0.00578. The molecular formula is C15H21BClNO3. The minimum absolute atomic E-state index is 0.153. The monoisotopic (exact) mass is 309 g/mol. The lowest BCUT2D eigenvalue weighted by atomic mass is 9.77. The predicted octanol–water partition coefficient (Wildman–Crippen LogP) is 2.93. The molecule has 4 nitrogen and oxygen atoms in total. The molecule has 1 aliphatic heterocycles. The van der Waals surface area contributed by atoms with Crippen LogP contribution in [-0.4, -0.2) is 30.0 Å². The van der Waals surface area contributed by atoms with Gasteiger partial charge in [-0.2, -0.15) is 0 Å². The van der Waals surface area contributed by atoms with Crippen molar-refractivity contribution >= 4 is 30.5 Å². The SMILES string of the molecule is CC1(C)OB(C(=Cc2ccc(Cl)c(N)c2)CO)OC1(C)C. The van der Waals surface area contributed by atoms with Gasteiger partial charge in [-0.05, 0) is 50.9 Å². The van der Waals surface area contributed by atoms with Gasteiger partial charge in [0.25, 0.3) is 0 Å². The van der Waals surface area contributed by atoms with E-state index in [-0.39, 0.29) is 6.61 Å². The maximum Gasteiger partial charge on any atom is 0.492 e. The molecule has 0 aromatic heterocycles. The highest BCUT2D eigenvalue weighted by Crippen LogP contribution is 2.38. The second-order valence-corrected chi connectivity index (χ2v) is 6.65. The summed E-state index contributed by atoms with van der Waals surface area (Å²) in [5, 5.41) is 10.1. The lowest BCUT2D eigenvalue weighted by Crippen LogP contribution is -2.41. The molecule has 0 radical (unpaired) electrons. The van der Waals surface area contributed by atoms with Crippen LogP contribution in [-0.2, 0) is 9.31 Å². The zero-order chi connectivity index (χ0) is 15.8. The molecule has 2 rings (SSSR count). The summed E-state index contributed by atoms with van der Waals surface area (Å²) in [6, 6.07) is 5.31. The molecule has 1 aromatic carbocycles. The number of hydrogen-bond acceptors (Lipinski definition) is 4. The summed E-state index contributed by atoms with van der Waals surface area (Å²) in [4.78, 5) is 0. The number of nitrogen functional groups attached to an aromatic ring is 1. The van der Waals surface area contributed by atoms with Crippen LogP contribution < -0.4 is 5.73 Å². The van der Waals surface area contributed by atoms with Crippen molar-refractivity contribution < 1.29 is 14.4 Å². The largest absolute Gasteiger partial charge is 0.492 e. The summed E-state index contributed by atoms with van der Waals surface area (Å²) in [5.74, 6) is 0. The number of aliphatic hydroxyl groups is 1. The Labute approximate surface area is 131 Å². The molecule has 114 valence electrons. The number of aliphatic hydroxyl groups excluding tert-OH is 1. The van der Waals surface area contributed by atoms with Crippen LogP contribution in [0.4, 0.5) is 5.69 Å². The van der Waals surface area contributed by atoms with Crippen molar-refractivity contribution in [2.45, 2.75) is 38.9 Å². The van der Waals surface area contributed by atoms with Gasteiger partial charge in [-0.1, -0.05) is 23.7 Å². The van der Waals surface area contributed by atoms with Crippen LogP contribution in [0.5, 0.6) is 0 Å². The second-order valence-electron chi connectivity index (χ2n) is 6.25. The topological polar surface area (TPSA) is 64.7 Å². The predicted molar refractivity (Wildman–Crippen MR) is 87.0 cm³/mol. The van der Waals surface area contributed by atoms with Crippen LogP contribution in [0.1, 0.15) is 33.3 Å². The fraction of sp³-hybridized carbons (Fsp3) is 0.467. The van der Waals surface area contributed by atoms with Gasteiger partial charge in [0, 0.05) is 0 Å². The third kappa shape index (κ3) is 3.26. The standard InChI is InChI=1S/C15H21BClNO3/c1-14(2)15(3,4)21-16(20-14)11(9-19)7-10-5-6-12(17)13(18)8-10/h5-8,19H,9,18H2,1-4H3. The third-order valence-electron chi connectivity index (χ3n) is 4.11. The number of nitrogens with two attached hydrogens (primary N) is 1. The molecule has 6 heteroatoms. The molecular weight excluding hydrogens is 288 g/mol. The average Bonchev–Trinajstić information content (AvgIpc) is 2.59.